The lowest BCUT2D eigenvalue weighted by molar-refractivity contribution is -0.149. The molecule has 1 aromatic rings. The van der Waals surface area contributed by atoms with Crippen LogP contribution in [0, 0.1) is 0 Å². The number of alkyl halides is 2. The summed E-state index contributed by atoms with van der Waals surface area (Å²) in [6.45, 7) is 0.720. The SMILES string of the molecule is CC(=O)OCCC(=O)C(F)(F)c1cnc(Cl)cn1. The van der Waals surface area contributed by atoms with Crippen LogP contribution in [0.25, 0.3) is 0 Å². The van der Waals surface area contributed by atoms with Gasteiger partial charge in [0.25, 0.3) is 0 Å². The summed E-state index contributed by atoms with van der Waals surface area (Å²) in [6.07, 6.45) is 1.05. The minimum Gasteiger partial charge on any atom is -0.465 e. The molecule has 5 nitrogen and oxygen atoms in total. The molecule has 0 amide bonds. The quantitative estimate of drug-likeness (QED) is 0.768. The molecule has 1 aromatic heterocycles. The molecule has 0 bridgehead atoms. The second kappa shape index (κ2) is 5.81. The van der Waals surface area contributed by atoms with Crippen molar-refractivity contribution in [1.82, 2.24) is 9.97 Å². The Kier molecular flexibility index (Phi) is 4.66. The van der Waals surface area contributed by atoms with Crippen molar-refractivity contribution in [1.29, 1.82) is 0 Å². The first-order valence-electron chi connectivity index (χ1n) is 4.86. The maximum absolute atomic E-state index is 13.6. The van der Waals surface area contributed by atoms with E-state index in [-0.39, 0.29) is 5.15 Å². The van der Waals surface area contributed by atoms with Crippen molar-refractivity contribution in [2.75, 3.05) is 6.61 Å². The predicted octanol–water partition coefficient (Wildman–Crippen LogP) is 1.74. The fraction of sp³-hybridized carbons (Fsp3) is 0.400. The monoisotopic (exact) mass is 278 g/mol. The van der Waals surface area contributed by atoms with Gasteiger partial charge in [-0.1, -0.05) is 11.6 Å². The molecule has 1 rings (SSSR count). The fourth-order valence-corrected chi connectivity index (χ4v) is 1.16. The molecule has 98 valence electrons. The van der Waals surface area contributed by atoms with Crippen molar-refractivity contribution in [3.63, 3.8) is 0 Å². The molecule has 0 spiro atoms. The minimum atomic E-state index is -3.78. The Balaban J connectivity index is 2.70. The van der Waals surface area contributed by atoms with Gasteiger partial charge in [-0.3, -0.25) is 9.59 Å². The molecule has 0 N–H and O–H groups in total. The Morgan fingerprint density at radius 2 is 2.06 bits per heavy atom. The van der Waals surface area contributed by atoms with E-state index in [1.165, 1.54) is 0 Å². The van der Waals surface area contributed by atoms with Gasteiger partial charge in [0.05, 0.1) is 19.0 Å². The third-order valence-corrected chi connectivity index (χ3v) is 2.12. The lowest BCUT2D eigenvalue weighted by Crippen LogP contribution is -2.28. The number of carbonyl (C=O) groups is 2. The Labute approximate surface area is 106 Å². The molecule has 0 saturated heterocycles. The smallest absolute Gasteiger partial charge is 0.348 e. The molecule has 0 fully saturated rings. The number of ketones is 1. The molecule has 1 heterocycles. The number of esters is 1. The van der Waals surface area contributed by atoms with E-state index < -0.39 is 36.4 Å². The second-order valence-electron chi connectivity index (χ2n) is 3.31. The number of hydrogen-bond acceptors (Lipinski definition) is 5. The van der Waals surface area contributed by atoms with E-state index in [2.05, 4.69) is 14.7 Å². The van der Waals surface area contributed by atoms with Crippen LogP contribution in [0.4, 0.5) is 8.78 Å². The highest BCUT2D eigenvalue weighted by atomic mass is 35.5. The van der Waals surface area contributed by atoms with Crippen molar-refractivity contribution in [2.24, 2.45) is 0 Å². The Morgan fingerprint density at radius 1 is 1.39 bits per heavy atom. The topological polar surface area (TPSA) is 69.2 Å². The molecule has 0 radical (unpaired) electrons. The van der Waals surface area contributed by atoms with Gasteiger partial charge in [0.15, 0.2) is 0 Å². The van der Waals surface area contributed by atoms with E-state index in [4.69, 9.17) is 11.6 Å². The number of Topliss-reactive ketones (excluding diaryl/α,β-unsaturated/α-hetero) is 1. The van der Waals surface area contributed by atoms with Crippen molar-refractivity contribution in [3.8, 4) is 0 Å². The van der Waals surface area contributed by atoms with Gasteiger partial charge in [-0.15, -0.1) is 0 Å². The largest absolute Gasteiger partial charge is 0.465 e. The third kappa shape index (κ3) is 3.69. The van der Waals surface area contributed by atoms with Crippen LogP contribution >= 0.6 is 11.6 Å². The molecule has 8 heteroatoms. The average molecular weight is 279 g/mol. The first-order chi connectivity index (χ1) is 8.34. The highest BCUT2D eigenvalue weighted by Gasteiger charge is 2.41. The number of aromatic nitrogens is 2. The van der Waals surface area contributed by atoms with Gasteiger partial charge in [0.1, 0.15) is 10.8 Å². The lowest BCUT2D eigenvalue weighted by Gasteiger charge is -2.13. The van der Waals surface area contributed by atoms with Gasteiger partial charge < -0.3 is 4.74 Å². The maximum Gasteiger partial charge on any atom is 0.348 e. The van der Waals surface area contributed by atoms with E-state index in [1.807, 2.05) is 0 Å². The minimum absolute atomic E-state index is 0.0538. The van der Waals surface area contributed by atoms with Gasteiger partial charge in [0.2, 0.25) is 5.78 Å². The summed E-state index contributed by atoms with van der Waals surface area (Å²) >= 11 is 5.40. The van der Waals surface area contributed by atoms with Crippen LogP contribution in [0.5, 0.6) is 0 Å². The number of halogens is 3. The molecule has 0 saturated carbocycles. The molecule has 0 atom stereocenters. The van der Waals surface area contributed by atoms with Crippen molar-refractivity contribution in [3.05, 3.63) is 23.2 Å². The van der Waals surface area contributed by atoms with Gasteiger partial charge in [-0.2, -0.15) is 8.78 Å². The normalized spacial score (nSPS) is 11.1. The zero-order valence-electron chi connectivity index (χ0n) is 9.32. The molecule has 18 heavy (non-hydrogen) atoms. The summed E-state index contributed by atoms with van der Waals surface area (Å²) < 4.78 is 31.6. The van der Waals surface area contributed by atoms with Crippen LogP contribution < -0.4 is 0 Å². The highest BCUT2D eigenvalue weighted by molar-refractivity contribution is 6.29. The van der Waals surface area contributed by atoms with Crippen molar-refractivity contribution in [2.45, 2.75) is 19.3 Å². The number of carbonyl (C=O) groups excluding carboxylic acids is 2. The van der Waals surface area contributed by atoms with Gasteiger partial charge in [-0.25, -0.2) is 9.97 Å². The summed E-state index contributed by atoms with van der Waals surface area (Å²) in [7, 11) is 0. The Morgan fingerprint density at radius 3 is 2.56 bits per heavy atom. The molecule has 0 aliphatic carbocycles. The molecular formula is C10H9ClF2N2O3. The van der Waals surface area contributed by atoms with E-state index in [0.717, 1.165) is 19.3 Å². The van der Waals surface area contributed by atoms with Crippen LogP contribution in [0.1, 0.15) is 19.0 Å². The number of rotatable bonds is 5. The lowest BCUT2D eigenvalue weighted by atomic mass is 10.1. The van der Waals surface area contributed by atoms with E-state index >= 15 is 0 Å². The van der Waals surface area contributed by atoms with Crippen molar-refractivity contribution < 1.29 is 23.1 Å². The van der Waals surface area contributed by atoms with Crippen LogP contribution in [0.3, 0.4) is 0 Å². The molecule has 0 aliphatic rings. The zero-order valence-corrected chi connectivity index (χ0v) is 10.1. The third-order valence-electron chi connectivity index (χ3n) is 1.93. The zero-order chi connectivity index (χ0) is 13.8. The number of ether oxygens (including phenoxy) is 1. The molecule has 0 aromatic carbocycles. The second-order valence-corrected chi connectivity index (χ2v) is 3.70. The fourth-order valence-electron chi connectivity index (χ4n) is 1.06. The van der Waals surface area contributed by atoms with Crippen LogP contribution in [0.2, 0.25) is 5.15 Å². The van der Waals surface area contributed by atoms with E-state index in [9.17, 15) is 18.4 Å². The van der Waals surface area contributed by atoms with Gasteiger partial charge in [0, 0.05) is 13.3 Å². The van der Waals surface area contributed by atoms with E-state index in [0.29, 0.717) is 0 Å². The first kappa shape index (κ1) is 14.4. The van der Waals surface area contributed by atoms with Crippen LogP contribution in [-0.4, -0.2) is 28.3 Å². The summed E-state index contributed by atoms with van der Waals surface area (Å²) in [5.41, 5.74) is -0.792. The summed E-state index contributed by atoms with van der Waals surface area (Å²) in [4.78, 5) is 28.5. The van der Waals surface area contributed by atoms with Gasteiger partial charge >= 0.3 is 11.9 Å². The molecule has 0 aliphatic heterocycles. The Hall–Kier alpha value is -1.63. The van der Waals surface area contributed by atoms with E-state index in [1.54, 1.807) is 0 Å². The molecular weight excluding hydrogens is 270 g/mol. The Bertz CT molecular complexity index is 451. The molecule has 0 unspecified atom stereocenters. The van der Waals surface area contributed by atoms with Crippen LogP contribution in [0.15, 0.2) is 12.4 Å². The average Bonchev–Trinajstić information content (AvgIpc) is 2.28. The van der Waals surface area contributed by atoms with Crippen LogP contribution in [-0.2, 0) is 20.2 Å². The highest BCUT2D eigenvalue weighted by Crippen LogP contribution is 2.28. The number of nitrogens with zero attached hydrogens (tertiary/aromatic N) is 2. The summed E-state index contributed by atoms with van der Waals surface area (Å²) in [5.74, 6) is -5.82. The summed E-state index contributed by atoms with van der Waals surface area (Å²) in [6, 6.07) is 0. The van der Waals surface area contributed by atoms with Crippen molar-refractivity contribution >= 4 is 23.4 Å². The predicted molar refractivity (Wildman–Crippen MR) is 57.2 cm³/mol. The summed E-state index contributed by atoms with van der Waals surface area (Å²) in [5, 5.41) is -0.0538. The van der Waals surface area contributed by atoms with Gasteiger partial charge in [-0.05, 0) is 0 Å². The number of hydrogen-bond donors (Lipinski definition) is 0. The maximum atomic E-state index is 13.6. The first-order valence-corrected chi connectivity index (χ1v) is 5.24. The standard InChI is InChI=1S/C10H9ClF2N2O3/c1-6(16)18-3-2-8(17)10(12,13)7-4-15-9(11)5-14-7/h4-5H,2-3H2,1H3.